The third-order valence-electron chi connectivity index (χ3n) is 9.81. The molecule has 0 saturated heterocycles. The average molecular weight is 493 g/mol. The first-order chi connectivity index (χ1) is 15.1. The maximum absolute atomic E-state index is 13.2. The van der Waals surface area contributed by atoms with Gasteiger partial charge in [-0.15, -0.1) is 0 Å². The molecule has 0 radical (unpaired) electrons. The first kappa shape index (κ1) is 25.7. The van der Waals surface area contributed by atoms with Crippen LogP contribution in [0.1, 0.15) is 58.8 Å². The van der Waals surface area contributed by atoms with Gasteiger partial charge >= 0.3 is 5.97 Å². The van der Waals surface area contributed by atoms with Gasteiger partial charge in [0.2, 0.25) is 0 Å². The molecule has 4 nitrogen and oxygen atoms in total. The molecule has 2 bridgehead atoms. The highest BCUT2D eigenvalue weighted by atomic mass is 28.4. The molecule has 4 aliphatic rings. The maximum atomic E-state index is 13.2. The van der Waals surface area contributed by atoms with E-state index in [1.165, 1.54) is 12.0 Å². The maximum Gasteiger partial charge on any atom is 0.311 e. The van der Waals surface area contributed by atoms with Crippen LogP contribution in [0.25, 0.3) is 0 Å². The van der Waals surface area contributed by atoms with Gasteiger partial charge in [-0.1, -0.05) is 25.5 Å². The van der Waals surface area contributed by atoms with Gasteiger partial charge in [0.05, 0.1) is 24.7 Å². The monoisotopic (exact) mass is 492 g/mol. The van der Waals surface area contributed by atoms with Crippen molar-refractivity contribution in [1.82, 2.24) is 0 Å². The van der Waals surface area contributed by atoms with Gasteiger partial charge in [-0.2, -0.15) is 0 Å². The highest BCUT2D eigenvalue weighted by Crippen LogP contribution is 2.73. The molecular weight excluding hydrogens is 444 g/mol. The van der Waals surface area contributed by atoms with Crippen LogP contribution in [0.2, 0.25) is 39.3 Å². The summed E-state index contributed by atoms with van der Waals surface area (Å²) in [7, 11) is -1.90. The van der Waals surface area contributed by atoms with Gasteiger partial charge in [-0.25, -0.2) is 0 Å². The van der Waals surface area contributed by atoms with E-state index in [0.29, 0.717) is 11.8 Å². The number of fused-ring (bicyclic) bond motifs is 3. The Morgan fingerprint density at radius 2 is 1.61 bits per heavy atom. The van der Waals surface area contributed by atoms with Gasteiger partial charge in [0.15, 0.2) is 16.6 Å². The van der Waals surface area contributed by atoms with Crippen LogP contribution in [0, 0.1) is 34.0 Å². The minimum atomic E-state index is -1.78. The summed E-state index contributed by atoms with van der Waals surface area (Å²) < 4.78 is 19.3. The second kappa shape index (κ2) is 8.04. The number of rotatable bonds is 5. The van der Waals surface area contributed by atoms with Crippen molar-refractivity contribution in [3.05, 3.63) is 12.2 Å². The zero-order valence-electron chi connectivity index (χ0n) is 22.7. The molecule has 4 rings (SSSR count). The molecule has 0 aromatic carbocycles. The fraction of sp³-hybridized carbons (Fsp3) is 0.889. The lowest BCUT2D eigenvalue weighted by Crippen LogP contribution is -2.65. The van der Waals surface area contributed by atoms with Crippen LogP contribution in [-0.4, -0.2) is 41.9 Å². The topological polar surface area (TPSA) is 44.8 Å². The molecule has 0 amide bonds. The van der Waals surface area contributed by atoms with Crippen LogP contribution in [0.3, 0.4) is 0 Å². The summed E-state index contributed by atoms with van der Waals surface area (Å²) in [4.78, 5) is 13.2. The Balaban J connectivity index is 1.82. The van der Waals surface area contributed by atoms with Gasteiger partial charge in [0.1, 0.15) is 0 Å². The van der Waals surface area contributed by atoms with Gasteiger partial charge in [0.25, 0.3) is 0 Å². The van der Waals surface area contributed by atoms with Crippen molar-refractivity contribution in [3.63, 3.8) is 0 Å². The lowest BCUT2D eigenvalue weighted by Gasteiger charge is -2.66. The van der Waals surface area contributed by atoms with Crippen LogP contribution in [0.5, 0.6) is 0 Å². The summed E-state index contributed by atoms with van der Waals surface area (Å²) in [6.45, 7) is 23.2. The van der Waals surface area contributed by atoms with Crippen LogP contribution in [-0.2, 0) is 18.4 Å². The van der Waals surface area contributed by atoms with Crippen molar-refractivity contribution in [3.8, 4) is 0 Å². The van der Waals surface area contributed by atoms with Crippen LogP contribution >= 0.6 is 0 Å². The van der Waals surface area contributed by atoms with E-state index in [4.69, 9.17) is 13.6 Å². The molecule has 2 unspecified atom stereocenters. The van der Waals surface area contributed by atoms with E-state index in [1.54, 1.807) is 7.11 Å². The summed E-state index contributed by atoms with van der Waals surface area (Å²) in [6.07, 6.45) is 7.94. The summed E-state index contributed by atoms with van der Waals surface area (Å²) >= 11 is 0. The molecule has 4 aliphatic carbocycles. The molecule has 0 aromatic heterocycles. The van der Waals surface area contributed by atoms with Gasteiger partial charge in [-0.3, -0.25) is 4.79 Å². The number of hydrogen-bond acceptors (Lipinski definition) is 4. The highest BCUT2D eigenvalue weighted by molar-refractivity contribution is 6.70. The first-order valence-electron chi connectivity index (χ1n) is 13.2. The molecule has 0 aliphatic heterocycles. The molecule has 4 fully saturated rings. The van der Waals surface area contributed by atoms with Crippen molar-refractivity contribution in [2.75, 3.05) is 7.11 Å². The van der Waals surface area contributed by atoms with E-state index < -0.39 is 22.0 Å². The number of esters is 1. The summed E-state index contributed by atoms with van der Waals surface area (Å²) in [5.41, 5.74) is 1.18. The number of carbonyl (C=O) groups excluding carboxylic acids is 1. The number of ether oxygens (including phenoxy) is 1. The van der Waals surface area contributed by atoms with E-state index in [0.717, 1.165) is 38.5 Å². The average Bonchev–Trinajstić information content (AvgIpc) is 2.96. The number of methoxy groups -OCH3 is 1. The Kier molecular flexibility index (Phi) is 6.25. The molecule has 0 heterocycles. The van der Waals surface area contributed by atoms with E-state index >= 15 is 0 Å². The Morgan fingerprint density at radius 1 is 0.970 bits per heavy atom. The van der Waals surface area contributed by atoms with Crippen molar-refractivity contribution >= 4 is 22.6 Å². The third-order valence-corrected chi connectivity index (χ3v) is 11.8. The Morgan fingerprint density at radius 3 is 2.18 bits per heavy atom. The summed E-state index contributed by atoms with van der Waals surface area (Å²) in [5, 5.41) is 0. The van der Waals surface area contributed by atoms with Crippen molar-refractivity contribution in [2.45, 2.75) is 110 Å². The minimum Gasteiger partial charge on any atom is -0.469 e. The molecule has 0 N–H and O–H groups in total. The van der Waals surface area contributed by atoms with E-state index in [-0.39, 0.29) is 34.9 Å². The third kappa shape index (κ3) is 4.15. The molecule has 0 aromatic rings. The Hall–Kier alpha value is -0.436. The predicted octanol–water partition coefficient (Wildman–Crippen LogP) is 6.79. The van der Waals surface area contributed by atoms with E-state index in [2.05, 4.69) is 59.7 Å². The van der Waals surface area contributed by atoms with Crippen LogP contribution in [0.15, 0.2) is 12.2 Å². The summed E-state index contributed by atoms with van der Waals surface area (Å²) in [5.74, 6) is 1.20. The van der Waals surface area contributed by atoms with E-state index in [9.17, 15) is 4.79 Å². The van der Waals surface area contributed by atoms with Gasteiger partial charge < -0.3 is 13.6 Å². The first-order valence-corrected chi connectivity index (χ1v) is 20.0. The SMILES string of the molecule is C=C1C[C@@]23C[C@@H]1[C@@H](O[Si](C)(C)C)CC2[C@@]1(C)CCC[C@](C)(C(=O)OC)C1C[C@@H]3O[Si](C)(C)C. The molecule has 4 saturated carbocycles. The zero-order valence-corrected chi connectivity index (χ0v) is 24.7. The fourth-order valence-electron chi connectivity index (χ4n) is 8.83. The lowest BCUT2D eigenvalue weighted by molar-refractivity contribution is -0.213. The Bertz CT molecular complexity index is 814. The van der Waals surface area contributed by atoms with Gasteiger partial charge in [-0.05, 0) is 102 Å². The van der Waals surface area contributed by atoms with Crippen molar-refractivity contribution in [1.29, 1.82) is 0 Å². The Labute approximate surface area is 204 Å². The molecule has 8 atom stereocenters. The number of carbonyl (C=O) groups is 1. The smallest absolute Gasteiger partial charge is 0.311 e. The molecule has 33 heavy (non-hydrogen) atoms. The highest BCUT2D eigenvalue weighted by Gasteiger charge is 2.70. The fourth-order valence-corrected chi connectivity index (χ4v) is 11.2. The van der Waals surface area contributed by atoms with Crippen molar-refractivity contribution in [2.24, 2.45) is 34.0 Å². The van der Waals surface area contributed by atoms with E-state index in [1.807, 2.05) is 0 Å². The predicted molar refractivity (Wildman–Crippen MR) is 139 cm³/mol. The molecule has 1 spiro atoms. The minimum absolute atomic E-state index is 0.0273. The largest absolute Gasteiger partial charge is 0.469 e. The second-order valence-electron chi connectivity index (χ2n) is 14.2. The number of hydrogen-bond donors (Lipinski definition) is 0. The van der Waals surface area contributed by atoms with Crippen LogP contribution in [0.4, 0.5) is 0 Å². The van der Waals surface area contributed by atoms with Crippen LogP contribution < -0.4 is 0 Å². The normalized spacial score (nSPS) is 45.4. The lowest BCUT2D eigenvalue weighted by atomic mass is 9.40. The van der Waals surface area contributed by atoms with Crippen molar-refractivity contribution < 1.29 is 18.4 Å². The second-order valence-corrected chi connectivity index (χ2v) is 23.1. The molecule has 6 heteroatoms. The molecule has 188 valence electrons. The molecular formula is C27H48O4Si2. The quantitative estimate of drug-likeness (QED) is 0.241. The van der Waals surface area contributed by atoms with Gasteiger partial charge in [0, 0.05) is 11.3 Å². The zero-order chi connectivity index (χ0) is 24.6. The standard InChI is InChI=1S/C27H48O4Si2/c1-18-16-27-17-19(18)20(30-32(5,6)7)14-22(27)25(2)12-11-13-26(3,24(28)29-4)21(25)15-23(27)31-33(8,9)10/h19-23H,1,11-17H2,2-10H3/t19-,20-,21?,22?,23-,25-,26-,27+/m0/s1. The summed E-state index contributed by atoms with van der Waals surface area (Å²) in [6, 6.07) is 0.